The van der Waals surface area contributed by atoms with Crippen molar-refractivity contribution >= 4 is 44.7 Å². The molecule has 146 valence electrons. The van der Waals surface area contributed by atoms with Crippen LogP contribution in [0.5, 0.6) is 0 Å². The largest absolute Gasteiger partial charge is 0.469 e. The first-order valence-corrected chi connectivity index (χ1v) is 9.80. The molecule has 0 atom stereocenters. The normalized spacial score (nSPS) is 11.2. The zero-order chi connectivity index (χ0) is 19.9. The maximum absolute atomic E-state index is 12.3. The van der Waals surface area contributed by atoms with E-state index in [9.17, 15) is 13.2 Å². The highest BCUT2D eigenvalue weighted by molar-refractivity contribution is 7.89. The number of carbonyl (C=O) groups excluding carboxylic acids is 1. The van der Waals surface area contributed by atoms with Crippen LogP contribution < -0.4 is 15.5 Å². The molecular weight excluding hydrogens is 376 g/mol. The molecule has 0 aliphatic rings. The summed E-state index contributed by atoms with van der Waals surface area (Å²) in [5.74, 6) is -0.276. The molecule has 10 heteroatoms. The molecule has 0 heterocycles. The van der Waals surface area contributed by atoms with E-state index >= 15 is 0 Å². The second kappa shape index (κ2) is 9.70. The quantitative estimate of drug-likeness (QED) is 0.381. The lowest BCUT2D eigenvalue weighted by atomic mass is 10.2. The van der Waals surface area contributed by atoms with Crippen LogP contribution in [0.3, 0.4) is 0 Å². The molecule has 0 saturated heterocycles. The third kappa shape index (κ3) is 6.11. The minimum atomic E-state index is -3.55. The van der Waals surface area contributed by atoms with Crippen LogP contribution in [0.4, 0.5) is 11.4 Å². The van der Waals surface area contributed by atoms with E-state index in [0.29, 0.717) is 30.2 Å². The molecule has 0 aromatic heterocycles. The first-order valence-electron chi connectivity index (χ1n) is 7.95. The second-order valence-electron chi connectivity index (χ2n) is 5.92. The minimum absolute atomic E-state index is 0.170. The molecule has 2 N–H and O–H groups in total. The average Bonchev–Trinajstić information content (AvgIpc) is 2.57. The van der Waals surface area contributed by atoms with Crippen LogP contribution in [0, 0.1) is 0 Å². The monoisotopic (exact) mass is 402 g/mol. The van der Waals surface area contributed by atoms with E-state index < -0.39 is 10.0 Å². The fourth-order valence-corrected chi connectivity index (χ4v) is 3.22. The maximum atomic E-state index is 12.3. The van der Waals surface area contributed by atoms with Gasteiger partial charge < -0.3 is 20.3 Å². The fourth-order valence-electron chi connectivity index (χ4n) is 2.08. The summed E-state index contributed by atoms with van der Waals surface area (Å²) in [7, 11) is 4.47. The van der Waals surface area contributed by atoms with Gasteiger partial charge in [-0.05, 0) is 36.8 Å². The summed E-state index contributed by atoms with van der Waals surface area (Å²) in [5.41, 5.74) is 1.37. The summed E-state index contributed by atoms with van der Waals surface area (Å²) in [6.07, 6.45) is 0.871. The van der Waals surface area contributed by atoms with Crippen molar-refractivity contribution in [2.45, 2.75) is 17.7 Å². The van der Waals surface area contributed by atoms with Crippen LogP contribution in [-0.4, -0.2) is 65.6 Å². The van der Waals surface area contributed by atoms with E-state index in [1.54, 1.807) is 18.2 Å². The Labute approximate surface area is 160 Å². The number of ether oxygens (including phenoxy) is 1. The van der Waals surface area contributed by atoms with Gasteiger partial charge in [-0.2, -0.15) is 0 Å². The molecule has 0 bridgehead atoms. The van der Waals surface area contributed by atoms with Crippen molar-refractivity contribution in [3.63, 3.8) is 0 Å². The number of hydrogen-bond donors (Lipinski definition) is 2. The van der Waals surface area contributed by atoms with Gasteiger partial charge in [0.05, 0.1) is 23.4 Å². The second-order valence-corrected chi connectivity index (χ2v) is 8.48. The van der Waals surface area contributed by atoms with E-state index in [1.165, 1.54) is 21.2 Å². The van der Waals surface area contributed by atoms with Gasteiger partial charge in [0.1, 0.15) is 0 Å². The van der Waals surface area contributed by atoms with Crippen molar-refractivity contribution in [3.05, 3.63) is 18.2 Å². The molecule has 0 aliphatic carbocycles. The number of carbonyl (C=O) groups is 1. The van der Waals surface area contributed by atoms with Gasteiger partial charge in [-0.25, -0.2) is 12.7 Å². The van der Waals surface area contributed by atoms with E-state index in [4.69, 9.17) is 12.2 Å². The van der Waals surface area contributed by atoms with Crippen LogP contribution in [-0.2, 0) is 19.6 Å². The lowest BCUT2D eigenvalue weighted by molar-refractivity contribution is -0.140. The molecule has 0 aliphatic heterocycles. The third-order valence-corrected chi connectivity index (χ3v) is 5.60. The Balaban J connectivity index is 2.89. The first kappa shape index (κ1) is 22.1. The molecule has 8 nitrogen and oxygen atoms in total. The zero-order valence-electron chi connectivity index (χ0n) is 15.7. The fraction of sp³-hybridized carbons (Fsp3) is 0.500. The highest BCUT2D eigenvalue weighted by Crippen LogP contribution is 2.28. The number of methoxy groups -OCH3 is 1. The van der Waals surface area contributed by atoms with E-state index in [2.05, 4.69) is 15.4 Å². The molecule has 1 aromatic rings. The highest BCUT2D eigenvalue weighted by atomic mass is 32.2. The highest BCUT2D eigenvalue weighted by Gasteiger charge is 2.19. The van der Waals surface area contributed by atoms with Gasteiger partial charge in [0, 0.05) is 41.2 Å². The summed E-state index contributed by atoms with van der Waals surface area (Å²) in [5, 5.41) is 6.36. The van der Waals surface area contributed by atoms with Gasteiger partial charge in [-0.3, -0.25) is 4.79 Å². The molecule has 0 saturated carbocycles. The lowest BCUT2D eigenvalue weighted by Crippen LogP contribution is -2.30. The molecule has 1 rings (SSSR count). The minimum Gasteiger partial charge on any atom is -0.469 e. The van der Waals surface area contributed by atoms with Crippen molar-refractivity contribution in [1.82, 2.24) is 9.62 Å². The SMILES string of the molecule is COC(=O)CCCNC(=S)Nc1cc(S(=O)(=O)N(C)C)ccc1N(C)C. The van der Waals surface area contributed by atoms with Crippen molar-refractivity contribution in [2.24, 2.45) is 0 Å². The Kier molecular flexibility index (Phi) is 8.25. The van der Waals surface area contributed by atoms with Gasteiger partial charge in [0.2, 0.25) is 10.0 Å². The van der Waals surface area contributed by atoms with Gasteiger partial charge in [-0.1, -0.05) is 0 Å². The lowest BCUT2D eigenvalue weighted by Gasteiger charge is -2.21. The summed E-state index contributed by atoms with van der Waals surface area (Å²) < 4.78 is 30.4. The Morgan fingerprint density at radius 1 is 1.23 bits per heavy atom. The number of rotatable bonds is 8. The predicted molar refractivity (Wildman–Crippen MR) is 107 cm³/mol. The van der Waals surface area contributed by atoms with Crippen molar-refractivity contribution in [2.75, 3.05) is 52.1 Å². The van der Waals surface area contributed by atoms with Gasteiger partial charge in [0.25, 0.3) is 0 Å². The number of hydrogen-bond acceptors (Lipinski definition) is 6. The average molecular weight is 403 g/mol. The first-order chi connectivity index (χ1) is 12.1. The van der Waals surface area contributed by atoms with Crippen molar-refractivity contribution < 1.29 is 17.9 Å². The number of thiocarbonyl (C=S) groups is 1. The molecule has 26 heavy (non-hydrogen) atoms. The maximum Gasteiger partial charge on any atom is 0.305 e. The van der Waals surface area contributed by atoms with Gasteiger partial charge in [0.15, 0.2) is 5.11 Å². The number of nitrogens with zero attached hydrogens (tertiary/aromatic N) is 2. The standard InChI is InChI=1S/C16H26N4O4S2/c1-19(2)14-9-8-12(26(22,23)20(3)4)11-13(14)18-16(25)17-10-6-7-15(21)24-5/h8-9,11H,6-7,10H2,1-5H3,(H2,17,18,25). The smallest absolute Gasteiger partial charge is 0.305 e. The van der Waals surface area contributed by atoms with Gasteiger partial charge in [-0.15, -0.1) is 0 Å². The molecule has 0 fully saturated rings. The molecule has 0 amide bonds. The van der Waals surface area contributed by atoms with Crippen molar-refractivity contribution in [1.29, 1.82) is 0 Å². The van der Waals surface area contributed by atoms with Crippen LogP contribution in [0.15, 0.2) is 23.1 Å². The topological polar surface area (TPSA) is 91.0 Å². The molecular formula is C16H26N4O4S2. The number of anilines is 2. The number of esters is 1. The van der Waals surface area contributed by atoms with E-state index in [0.717, 1.165) is 9.99 Å². The molecule has 0 radical (unpaired) electrons. The Hall–Kier alpha value is -1.91. The number of nitrogens with one attached hydrogen (secondary N) is 2. The van der Waals surface area contributed by atoms with Crippen LogP contribution >= 0.6 is 12.2 Å². The third-order valence-electron chi connectivity index (χ3n) is 3.55. The zero-order valence-corrected chi connectivity index (χ0v) is 17.3. The van der Waals surface area contributed by atoms with Crippen LogP contribution in [0.25, 0.3) is 0 Å². The predicted octanol–water partition coefficient (Wildman–Crippen LogP) is 1.24. The number of sulfonamides is 1. The Bertz CT molecular complexity index is 749. The molecule has 0 unspecified atom stereocenters. The summed E-state index contributed by atoms with van der Waals surface area (Å²) >= 11 is 5.26. The Morgan fingerprint density at radius 3 is 2.42 bits per heavy atom. The molecule has 0 spiro atoms. The summed E-state index contributed by atoms with van der Waals surface area (Å²) in [6.45, 7) is 0.494. The van der Waals surface area contributed by atoms with Gasteiger partial charge >= 0.3 is 5.97 Å². The van der Waals surface area contributed by atoms with Crippen LogP contribution in [0.1, 0.15) is 12.8 Å². The summed E-state index contributed by atoms with van der Waals surface area (Å²) in [6, 6.07) is 4.83. The number of benzene rings is 1. The van der Waals surface area contributed by atoms with E-state index in [1.807, 2.05) is 19.0 Å². The van der Waals surface area contributed by atoms with E-state index in [-0.39, 0.29) is 10.9 Å². The van der Waals surface area contributed by atoms with Crippen LogP contribution in [0.2, 0.25) is 0 Å². The van der Waals surface area contributed by atoms with Crippen molar-refractivity contribution in [3.8, 4) is 0 Å². The summed E-state index contributed by atoms with van der Waals surface area (Å²) in [4.78, 5) is 13.1. The molecule has 1 aromatic carbocycles. The Morgan fingerprint density at radius 2 is 1.88 bits per heavy atom.